The molecule has 0 atom stereocenters. The minimum atomic E-state index is -0.328. The standard InChI is InChI=1S/C11H18N4O2/c1-5-6-15-10(16)7-9(12-8-13(2)3)14(4)11(15)17/h7-8H,5-6H2,1-4H3/b12-8+. The van der Waals surface area contributed by atoms with Crippen molar-refractivity contribution in [1.29, 1.82) is 0 Å². The molecule has 0 bridgehead atoms. The van der Waals surface area contributed by atoms with E-state index in [9.17, 15) is 9.59 Å². The molecule has 0 N–H and O–H groups in total. The molecule has 0 fully saturated rings. The number of nitrogens with zero attached hydrogens (tertiary/aromatic N) is 4. The van der Waals surface area contributed by atoms with Gasteiger partial charge in [-0.05, 0) is 6.42 Å². The molecule has 1 aromatic heterocycles. The molecule has 6 nitrogen and oxygen atoms in total. The third-order valence-corrected chi connectivity index (χ3v) is 2.25. The first-order chi connectivity index (χ1) is 7.97. The molecule has 0 aromatic carbocycles. The quantitative estimate of drug-likeness (QED) is 0.555. The Labute approximate surface area is 99.8 Å². The van der Waals surface area contributed by atoms with Crippen molar-refractivity contribution in [2.75, 3.05) is 14.1 Å². The summed E-state index contributed by atoms with van der Waals surface area (Å²) in [4.78, 5) is 29.4. The zero-order valence-corrected chi connectivity index (χ0v) is 10.7. The SMILES string of the molecule is CCCn1c(=O)cc(/N=C/N(C)C)n(C)c1=O. The fourth-order valence-corrected chi connectivity index (χ4v) is 1.39. The minimum Gasteiger partial charge on any atom is -0.369 e. The van der Waals surface area contributed by atoms with E-state index in [0.717, 1.165) is 6.42 Å². The van der Waals surface area contributed by atoms with E-state index >= 15 is 0 Å². The van der Waals surface area contributed by atoms with Crippen LogP contribution < -0.4 is 11.2 Å². The van der Waals surface area contributed by atoms with Crippen LogP contribution in [-0.2, 0) is 13.6 Å². The van der Waals surface area contributed by atoms with Gasteiger partial charge >= 0.3 is 5.69 Å². The predicted octanol–water partition coefficient (Wildman–Crippen LogP) is 0.178. The number of aromatic nitrogens is 2. The lowest BCUT2D eigenvalue weighted by Gasteiger charge is -2.08. The highest BCUT2D eigenvalue weighted by atomic mass is 16.2. The Kier molecular flexibility index (Phi) is 4.25. The van der Waals surface area contributed by atoms with E-state index in [4.69, 9.17) is 0 Å². The Morgan fingerprint density at radius 1 is 1.41 bits per heavy atom. The summed E-state index contributed by atoms with van der Waals surface area (Å²) in [5.41, 5.74) is -0.633. The second kappa shape index (κ2) is 5.47. The maximum absolute atomic E-state index is 11.9. The van der Waals surface area contributed by atoms with Crippen LogP contribution in [0.4, 0.5) is 5.82 Å². The molecule has 0 saturated heterocycles. The van der Waals surface area contributed by atoms with Gasteiger partial charge in [-0.3, -0.25) is 13.9 Å². The van der Waals surface area contributed by atoms with Gasteiger partial charge in [-0.15, -0.1) is 0 Å². The van der Waals surface area contributed by atoms with E-state index in [0.29, 0.717) is 12.4 Å². The van der Waals surface area contributed by atoms with Gasteiger partial charge in [0.05, 0.1) is 6.34 Å². The first kappa shape index (κ1) is 13.2. The third-order valence-electron chi connectivity index (χ3n) is 2.25. The highest BCUT2D eigenvalue weighted by Crippen LogP contribution is 2.03. The zero-order chi connectivity index (χ0) is 13.0. The van der Waals surface area contributed by atoms with Gasteiger partial charge in [0.15, 0.2) is 0 Å². The lowest BCUT2D eigenvalue weighted by Crippen LogP contribution is -2.38. The molecule has 1 heterocycles. The summed E-state index contributed by atoms with van der Waals surface area (Å²) in [6.45, 7) is 2.35. The van der Waals surface area contributed by atoms with Crippen LogP contribution >= 0.6 is 0 Å². The maximum Gasteiger partial charge on any atom is 0.332 e. The summed E-state index contributed by atoms with van der Waals surface area (Å²) in [5, 5.41) is 0. The summed E-state index contributed by atoms with van der Waals surface area (Å²) in [6.07, 6.45) is 2.30. The van der Waals surface area contributed by atoms with Crippen molar-refractivity contribution in [3.8, 4) is 0 Å². The Morgan fingerprint density at radius 3 is 2.59 bits per heavy atom. The topological polar surface area (TPSA) is 59.6 Å². The fraction of sp³-hybridized carbons (Fsp3) is 0.545. The van der Waals surface area contributed by atoms with Crippen LogP contribution in [0.25, 0.3) is 0 Å². The van der Waals surface area contributed by atoms with E-state index in [1.54, 1.807) is 18.3 Å². The first-order valence-electron chi connectivity index (χ1n) is 5.49. The average molecular weight is 238 g/mol. The molecule has 17 heavy (non-hydrogen) atoms. The zero-order valence-electron chi connectivity index (χ0n) is 10.7. The van der Waals surface area contributed by atoms with Crippen LogP contribution in [0.15, 0.2) is 20.6 Å². The van der Waals surface area contributed by atoms with Crippen molar-refractivity contribution < 1.29 is 0 Å². The van der Waals surface area contributed by atoms with Crippen LogP contribution in [0, 0.1) is 0 Å². The van der Waals surface area contributed by atoms with Gasteiger partial charge in [-0.25, -0.2) is 9.79 Å². The Bertz CT molecular complexity index is 525. The summed E-state index contributed by atoms with van der Waals surface area (Å²) in [7, 11) is 5.25. The first-order valence-corrected chi connectivity index (χ1v) is 5.49. The summed E-state index contributed by atoms with van der Waals surface area (Å²) in [5.74, 6) is 0.362. The molecule has 1 aromatic rings. The monoisotopic (exact) mass is 238 g/mol. The van der Waals surface area contributed by atoms with Crippen LogP contribution in [0.2, 0.25) is 0 Å². The molecular weight excluding hydrogens is 220 g/mol. The predicted molar refractivity (Wildman–Crippen MR) is 68.1 cm³/mol. The van der Waals surface area contributed by atoms with Crippen molar-refractivity contribution in [3.63, 3.8) is 0 Å². The molecule has 0 amide bonds. The van der Waals surface area contributed by atoms with E-state index in [-0.39, 0.29) is 11.2 Å². The van der Waals surface area contributed by atoms with E-state index < -0.39 is 0 Å². The van der Waals surface area contributed by atoms with Gasteiger partial charge in [0.2, 0.25) is 0 Å². The molecule has 6 heteroatoms. The number of rotatable bonds is 4. The molecule has 1 rings (SSSR count). The largest absolute Gasteiger partial charge is 0.369 e. The number of aliphatic imine (C=N–C) groups is 1. The number of hydrogen-bond acceptors (Lipinski definition) is 3. The Morgan fingerprint density at radius 2 is 2.06 bits per heavy atom. The molecule has 0 saturated carbocycles. The van der Waals surface area contributed by atoms with Crippen molar-refractivity contribution in [2.45, 2.75) is 19.9 Å². The lowest BCUT2D eigenvalue weighted by atomic mass is 10.4. The van der Waals surface area contributed by atoms with Crippen LogP contribution in [0.1, 0.15) is 13.3 Å². The van der Waals surface area contributed by atoms with Gasteiger partial charge in [-0.2, -0.15) is 0 Å². The molecular formula is C11H18N4O2. The summed E-state index contributed by atoms with van der Waals surface area (Å²) >= 11 is 0. The summed E-state index contributed by atoms with van der Waals surface area (Å²) < 4.78 is 2.59. The van der Waals surface area contributed by atoms with Crippen LogP contribution in [0.3, 0.4) is 0 Å². The molecule has 0 aliphatic carbocycles. The van der Waals surface area contributed by atoms with E-state index in [1.807, 2.05) is 21.0 Å². The fourth-order valence-electron chi connectivity index (χ4n) is 1.39. The van der Waals surface area contributed by atoms with Crippen molar-refractivity contribution in [1.82, 2.24) is 14.0 Å². The smallest absolute Gasteiger partial charge is 0.332 e. The minimum absolute atomic E-state index is 0.305. The van der Waals surface area contributed by atoms with Crippen LogP contribution in [-0.4, -0.2) is 34.5 Å². The van der Waals surface area contributed by atoms with Crippen LogP contribution in [0.5, 0.6) is 0 Å². The van der Waals surface area contributed by atoms with E-state index in [2.05, 4.69) is 4.99 Å². The van der Waals surface area contributed by atoms with Crippen molar-refractivity contribution in [2.24, 2.45) is 12.0 Å². The molecule has 0 aliphatic rings. The summed E-state index contributed by atoms with van der Waals surface area (Å²) in [6, 6.07) is 1.37. The maximum atomic E-state index is 11.9. The van der Waals surface area contributed by atoms with E-state index in [1.165, 1.54) is 15.2 Å². The van der Waals surface area contributed by atoms with Gasteiger partial charge in [0.1, 0.15) is 5.82 Å². The van der Waals surface area contributed by atoms with Gasteiger partial charge in [-0.1, -0.05) is 6.92 Å². The molecule has 0 aliphatic heterocycles. The average Bonchev–Trinajstić information content (AvgIpc) is 2.27. The molecule has 0 radical (unpaired) electrons. The Balaban J connectivity index is 3.30. The second-order valence-corrected chi connectivity index (χ2v) is 4.04. The highest BCUT2D eigenvalue weighted by Gasteiger charge is 2.06. The van der Waals surface area contributed by atoms with Gasteiger partial charge in [0.25, 0.3) is 5.56 Å². The molecule has 0 spiro atoms. The molecule has 94 valence electrons. The van der Waals surface area contributed by atoms with Gasteiger partial charge in [0, 0.05) is 33.8 Å². The number of hydrogen-bond donors (Lipinski definition) is 0. The Hall–Kier alpha value is -1.85. The lowest BCUT2D eigenvalue weighted by molar-refractivity contribution is 0.582. The van der Waals surface area contributed by atoms with Gasteiger partial charge < -0.3 is 4.90 Å². The van der Waals surface area contributed by atoms with Crippen molar-refractivity contribution >= 4 is 12.2 Å². The second-order valence-electron chi connectivity index (χ2n) is 4.04. The van der Waals surface area contributed by atoms with Crippen molar-refractivity contribution in [3.05, 3.63) is 26.9 Å². The highest BCUT2D eigenvalue weighted by molar-refractivity contribution is 5.58. The molecule has 0 unspecified atom stereocenters. The normalized spacial score (nSPS) is 11.1. The third kappa shape index (κ3) is 3.05.